The molecule has 0 aliphatic carbocycles. The lowest BCUT2D eigenvalue weighted by Crippen LogP contribution is -2.45. The SMILES string of the molecule is CCCCCCCCCCCCCCCCCCCCC/C=C/C(O)C(COP(=O)([O-])OCC[N+](C)(C)C)NC(=O)CCC. The van der Waals surface area contributed by atoms with Crippen molar-refractivity contribution < 1.29 is 32.9 Å². The van der Waals surface area contributed by atoms with Crippen molar-refractivity contribution in [1.82, 2.24) is 5.32 Å². The maximum absolute atomic E-state index is 12.2. The summed E-state index contributed by atoms with van der Waals surface area (Å²) in [4.78, 5) is 24.3. The van der Waals surface area contributed by atoms with Gasteiger partial charge in [-0.2, -0.15) is 0 Å². The molecule has 3 unspecified atom stereocenters. The van der Waals surface area contributed by atoms with Crippen molar-refractivity contribution in [3.05, 3.63) is 12.2 Å². The van der Waals surface area contributed by atoms with Gasteiger partial charge in [0, 0.05) is 6.42 Å². The fourth-order valence-corrected chi connectivity index (χ4v) is 5.80. The number of allylic oxidation sites excluding steroid dienone is 1. The number of nitrogens with one attached hydrogen (secondary N) is 1. The molecule has 8 nitrogen and oxygen atoms in total. The Morgan fingerprint density at radius 1 is 0.773 bits per heavy atom. The van der Waals surface area contributed by atoms with Crippen LogP contribution in [0.5, 0.6) is 0 Å². The van der Waals surface area contributed by atoms with E-state index in [9.17, 15) is 19.4 Å². The minimum absolute atomic E-state index is 0.000958. The molecule has 0 bridgehead atoms. The van der Waals surface area contributed by atoms with Gasteiger partial charge in [-0.05, 0) is 19.3 Å². The van der Waals surface area contributed by atoms with Crippen LogP contribution in [0.1, 0.15) is 155 Å². The van der Waals surface area contributed by atoms with Gasteiger partial charge < -0.3 is 28.8 Å². The number of carbonyl (C=O) groups excluding carboxylic acids is 1. The first-order chi connectivity index (χ1) is 21.0. The second kappa shape index (κ2) is 28.5. The summed E-state index contributed by atoms with van der Waals surface area (Å²) in [6, 6.07) is -0.875. The first kappa shape index (κ1) is 43.2. The third-order valence-corrected chi connectivity index (χ3v) is 8.93. The largest absolute Gasteiger partial charge is 0.756 e. The highest BCUT2D eigenvalue weighted by molar-refractivity contribution is 7.45. The number of phosphoric acid groups is 1. The molecule has 0 aliphatic heterocycles. The van der Waals surface area contributed by atoms with Crippen LogP contribution in [-0.2, 0) is 18.4 Å². The van der Waals surface area contributed by atoms with Gasteiger partial charge >= 0.3 is 0 Å². The summed E-state index contributed by atoms with van der Waals surface area (Å²) in [6.07, 6.45) is 29.9. The lowest BCUT2D eigenvalue weighted by molar-refractivity contribution is -0.870. The van der Waals surface area contributed by atoms with E-state index in [-0.39, 0.29) is 19.1 Å². The van der Waals surface area contributed by atoms with Crippen LogP contribution in [0, 0.1) is 0 Å². The molecule has 3 atom stereocenters. The molecule has 0 rings (SSSR count). The Morgan fingerprint density at radius 3 is 1.66 bits per heavy atom. The summed E-state index contributed by atoms with van der Waals surface area (Å²) < 4.78 is 22.7. The average Bonchev–Trinajstić information content (AvgIpc) is 2.95. The highest BCUT2D eigenvalue weighted by Gasteiger charge is 2.22. The van der Waals surface area contributed by atoms with Crippen molar-refractivity contribution >= 4 is 13.7 Å². The molecular weight excluding hydrogens is 575 g/mol. The number of carbonyl (C=O) groups is 1. The summed E-state index contributed by atoms with van der Waals surface area (Å²) in [7, 11) is 1.26. The first-order valence-electron chi connectivity index (χ1n) is 18.1. The van der Waals surface area contributed by atoms with Crippen LogP contribution >= 0.6 is 7.82 Å². The number of aliphatic hydroxyl groups excluding tert-OH is 1. The average molecular weight is 647 g/mol. The number of hydrogen-bond acceptors (Lipinski definition) is 6. The number of hydrogen-bond donors (Lipinski definition) is 2. The van der Waals surface area contributed by atoms with Gasteiger partial charge in [0.1, 0.15) is 13.2 Å². The van der Waals surface area contributed by atoms with E-state index in [0.29, 0.717) is 23.9 Å². The molecule has 1 amide bonds. The van der Waals surface area contributed by atoms with Crippen LogP contribution in [0.2, 0.25) is 0 Å². The Labute approximate surface area is 272 Å². The van der Waals surface area contributed by atoms with Gasteiger partial charge in [-0.1, -0.05) is 142 Å². The van der Waals surface area contributed by atoms with Gasteiger partial charge in [0.05, 0.1) is 39.9 Å². The molecule has 0 heterocycles. The number of likely N-dealkylation sites (N-methyl/N-ethyl adjacent to an activating group) is 1. The monoisotopic (exact) mass is 647 g/mol. The fourth-order valence-electron chi connectivity index (χ4n) is 5.08. The molecule has 2 N–H and O–H groups in total. The van der Waals surface area contributed by atoms with Crippen molar-refractivity contribution in [1.29, 1.82) is 0 Å². The number of rotatable bonds is 32. The zero-order valence-electron chi connectivity index (χ0n) is 29.4. The standard InChI is InChI=1S/C35H71N2O6P/c1-6-8-9-10-11-12-13-14-15-16-17-18-19-20-21-22-23-24-25-26-27-29-34(38)33(36-35(39)28-7-2)32-43-44(40,41)42-31-30-37(3,4)5/h27,29,33-34,38H,6-26,28,30-32H2,1-5H3,(H-,36,39,40,41)/b29-27+. The molecule has 0 aromatic heterocycles. The third kappa shape index (κ3) is 29.9. The van der Waals surface area contributed by atoms with Gasteiger partial charge in [0.25, 0.3) is 7.82 Å². The molecule has 0 saturated carbocycles. The Hall–Kier alpha value is -0.760. The predicted molar refractivity (Wildman–Crippen MR) is 182 cm³/mol. The van der Waals surface area contributed by atoms with E-state index >= 15 is 0 Å². The molecule has 0 spiro atoms. The van der Waals surface area contributed by atoms with Crippen LogP contribution in [0.15, 0.2) is 12.2 Å². The first-order valence-corrected chi connectivity index (χ1v) is 19.5. The van der Waals surface area contributed by atoms with Gasteiger partial charge in [-0.25, -0.2) is 0 Å². The molecule has 0 aromatic rings. The Morgan fingerprint density at radius 2 is 1.23 bits per heavy atom. The van der Waals surface area contributed by atoms with E-state index in [1.54, 1.807) is 6.08 Å². The summed E-state index contributed by atoms with van der Waals surface area (Å²) >= 11 is 0. The molecule has 0 aromatic carbocycles. The quantitative estimate of drug-likeness (QED) is 0.0330. The van der Waals surface area contributed by atoms with Crippen LogP contribution in [0.3, 0.4) is 0 Å². The molecule has 44 heavy (non-hydrogen) atoms. The van der Waals surface area contributed by atoms with Crippen molar-refractivity contribution in [2.24, 2.45) is 0 Å². The summed E-state index contributed by atoms with van der Waals surface area (Å²) in [5, 5.41) is 13.3. The Bertz CT molecular complexity index is 743. The van der Waals surface area contributed by atoms with Crippen LogP contribution < -0.4 is 10.2 Å². The Balaban J connectivity index is 3.99. The van der Waals surface area contributed by atoms with E-state index in [1.807, 2.05) is 34.1 Å². The van der Waals surface area contributed by atoms with Crippen molar-refractivity contribution in [3.8, 4) is 0 Å². The molecule has 0 aliphatic rings. The fraction of sp³-hybridized carbons (Fsp3) is 0.914. The smallest absolute Gasteiger partial charge is 0.268 e. The van der Waals surface area contributed by atoms with Gasteiger partial charge in [0.15, 0.2) is 0 Å². The number of nitrogens with zero attached hydrogens (tertiary/aromatic N) is 1. The van der Waals surface area contributed by atoms with E-state index < -0.39 is 20.0 Å². The normalized spacial score (nSPS) is 15.0. The number of unbranched alkanes of at least 4 members (excludes halogenated alkanes) is 19. The van der Waals surface area contributed by atoms with E-state index in [4.69, 9.17) is 9.05 Å². The Kier molecular flexibility index (Phi) is 28.0. The lowest BCUT2D eigenvalue weighted by atomic mass is 10.0. The van der Waals surface area contributed by atoms with Gasteiger partial charge in [-0.15, -0.1) is 0 Å². The number of amides is 1. The zero-order chi connectivity index (χ0) is 32.9. The van der Waals surface area contributed by atoms with Gasteiger partial charge in [-0.3, -0.25) is 9.36 Å². The minimum atomic E-state index is -4.55. The van der Waals surface area contributed by atoms with Crippen LogP contribution in [0.25, 0.3) is 0 Å². The maximum Gasteiger partial charge on any atom is 0.268 e. The third-order valence-electron chi connectivity index (χ3n) is 7.97. The summed E-state index contributed by atoms with van der Waals surface area (Å²) in [5.74, 6) is -0.251. The van der Waals surface area contributed by atoms with E-state index in [0.717, 1.165) is 19.3 Å². The highest BCUT2D eigenvalue weighted by Crippen LogP contribution is 2.38. The van der Waals surface area contributed by atoms with Crippen molar-refractivity contribution in [3.63, 3.8) is 0 Å². The lowest BCUT2D eigenvalue weighted by Gasteiger charge is -2.29. The van der Waals surface area contributed by atoms with Crippen molar-refractivity contribution in [2.45, 2.75) is 167 Å². The molecule has 0 saturated heterocycles. The second-order valence-corrected chi connectivity index (χ2v) is 15.0. The predicted octanol–water partition coefficient (Wildman–Crippen LogP) is 8.22. The number of phosphoric ester groups is 1. The van der Waals surface area contributed by atoms with E-state index in [2.05, 4.69) is 12.2 Å². The number of aliphatic hydroxyl groups is 1. The van der Waals surface area contributed by atoms with Crippen LogP contribution in [0.4, 0.5) is 0 Å². The molecule has 9 heteroatoms. The minimum Gasteiger partial charge on any atom is -0.756 e. The van der Waals surface area contributed by atoms with Crippen molar-refractivity contribution in [2.75, 3.05) is 40.9 Å². The van der Waals surface area contributed by atoms with E-state index in [1.165, 1.54) is 109 Å². The number of quaternary nitrogens is 1. The summed E-state index contributed by atoms with van der Waals surface area (Å²) in [6.45, 7) is 4.27. The van der Waals surface area contributed by atoms with Crippen LogP contribution in [-0.4, -0.2) is 68.5 Å². The molecule has 0 fully saturated rings. The maximum atomic E-state index is 12.2. The van der Waals surface area contributed by atoms with Gasteiger partial charge in [0.2, 0.25) is 5.91 Å². The summed E-state index contributed by atoms with van der Waals surface area (Å²) in [5.41, 5.74) is 0. The second-order valence-electron chi connectivity index (χ2n) is 13.6. The molecular formula is C35H71N2O6P. The zero-order valence-corrected chi connectivity index (χ0v) is 30.3. The molecule has 0 radical (unpaired) electrons. The topological polar surface area (TPSA) is 108 Å². The molecule has 262 valence electrons. The highest BCUT2D eigenvalue weighted by atomic mass is 31.2.